The fraction of sp³-hybridized carbons (Fsp3) is 0.158. The monoisotopic (exact) mass is 362 g/mol. The standard InChI is InChI=1S/C14H13N2O2.C5H5.Fe/c1-10(17)16-13(11-5-2-3-6-11)9-12(15-16)14-7-4-8-18-14;1-2-4-5-3-1;/h2-8,13H,9H2,1H3;1-5H;/q2*-1;+2. The van der Waals surface area contributed by atoms with Crippen LogP contribution in [-0.2, 0) is 21.9 Å². The van der Waals surface area contributed by atoms with Crippen molar-refractivity contribution >= 4 is 11.6 Å². The zero-order chi connectivity index (χ0) is 16.1. The van der Waals surface area contributed by atoms with E-state index in [1.54, 1.807) is 6.26 Å². The van der Waals surface area contributed by atoms with Gasteiger partial charge >= 0.3 is 17.1 Å². The Morgan fingerprint density at radius 2 is 1.96 bits per heavy atom. The van der Waals surface area contributed by atoms with E-state index in [0.29, 0.717) is 6.42 Å². The van der Waals surface area contributed by atoms with Gasteiger partial charge < -0.3 is 4.42 Å². The molecule has 0 N–H and O–H groups in total. The Kier molecular flexibility index (Phi) is 6.35. The average molecular weight is 362 g/mol. The van der Waals surface area contributed by atoms with E-state index < -0.39 is 0 Å². The largest absolute Gasteiger partial charge is 2.00 e. The molecule has 4 rings (SSSR count). The molecule has 0 saturated carbocycles. The molecule has 1 atom stereocenters. The molecule has 0 aliphatic carbocycles. The Morgan fingerprint density at radius 3 is 2.46 bits per heavy atom. The van der Waals surface area contributed by atoms with Gasteiger partial charge in [-0.3, -0.25) is 4.79 Å². The third kappa shape index (κ3) is 4.13. The zero-order valence-corrected chi connectivity index (χ0v) is 14.4. The number of furan rings is 1. The van der Waals surface area contributed by atoms with Crippen molar-refractivity contribution in [1.29, 1.82) is 0 Å². The van der Waals surface area contributed by atoms with Crippen LogP contribution in [0.4, 0.5) is 0 Å². The molecule has 1 unspecified atom stereocenters. The fourth-order valence-electron chi connectivity index (χ4n) is 2.58. The number of rotatable bonds is 2. The maximum absolute atomic E-state index is 11.7. The smallest absolute Gasteiger partial charge is 0.463 e. The minimum atomic E-state index is -0.0530. The van der Waals surface area contributed by atoms with Crippen LogP contribution in [0.1, 0.15) is 30.7 Å². The van der Waals surface area contributed by atoms with E-state index in [0.717, 1.165) is 17.0 Å². The van der Waals surface area contributed by atoms with E-state index >= 15 is 0 Å². The maximum Gasteiger partial charge on any atom is 2.00 e. The Morgan fingerprint density at radius 1 is 1.25 bits per heavy atom. The van der Waals surface area contributed by atoms with E-state index in [4.69, 9.17) is 4.42 Å². The first-order chi connectivity index (χ1) is 11.3. The molecule has 0 fully saturated rings. The minimum Gasteiger partial charge on any atom is -0.463 e. The maximum atomic E-state index is 11.7. The molecule has 0 saturated heterocycles. The van der Waals surface area contributed by atoms with Crippen molar-refractivity contribution in [3.63, 3.8) is 0 Å². The molecule has 3 aromatic rings. The van der Waals surface area contributed by atoms with Gasteiger partial charge in [0.05, 0.1) is 6.26 Å². The third-order valence-corrected chi connectivity index (χ3v) is 3.67. The summed E-state index contributed by atoms with van der Waals surface area (Å²) >= 11 is 0. The second kappa shape index (κ2) is 8.48. The van der Waals surface area contributed by atoms with E-state index in [1.807, 2.05) is 66.7 Å². The van der Waals surface area contributed by atoms with Gasteiger partial charge in [-0.2, -0.15) is 35.4 Å². The molecule has 2 heterocycles. The molecule has 1 aliphatic heterocycles. The van der Waals surface area contributed by atoms with Crippen molar-refractivity contribution in [2.24, 2.45) is 5.10 Å². The summed E-state index contributed by atoms with van der Waals surface area (Å²) in [7, 11) is 0. The second-order valence-corrected chi connectivity index (χ2v) is 5.29. The molecule has 4 nitrogen and oxygen atoms in total. The van der Waals surface area contributed by atoms with Gasteiger partial charge in [0.1, 0.15) is 11.5 Å². The zero-order valence-electron chi connectivity index (χ0n) is 13.3. The Bertz CT molecular complexity index is 726. The molecule has 0 spiro atoms. The predicted molar refractivity (Wildman–Crippen MR) is 89.2 cm³/mol. The first-order valence-corrected chi connectivity index (χ1v) is 7.55. The normalized spacial score (nSPS) is 16.0. The summed E-state index contributed by atoms with van der Waals surface area (Å²) in [6.07, 6.45) is 2.31. The number of nitrogens with zero attached hydrogens (tertiary/aromatic N) is 2. The Labute approximate surface area is 152 Å². The van der Waals surface area contributed by atoms with Gasteiger partial charge in [0.25, 0.3) is 0 Å². The van der Waals surface area contributed by atoms with Crippen molar-refractivity contribution in [2.75, 3.05) is 0 Å². The summed E-state index contributed by atoms with van der Waals surface area (Å²) in [5, 5.41) is 5.91. The van der Waals surface area contributed by atoms with Gasteiger partial charge in [-0.25, -0.2) is 29.3 Å². The first kappa shape index (κ1) is 18.0. The first-order valence-electron chi connectivity index (χ1n) is 7.55. The summed E-state index contributed by atoms with van der Waals surface area (Å²) in [5.41, 5.74) is 1.93. The van der Waals surface area contributed by atoms with E-state index in [-0.39, 0.29) is 29.0 Å². The van der Waals surface area contributed by atoms with E-state index in [1.165, 1.54) is 11.9 Å². The molecule has 2 aromatic carbocycles. The fourth-order valence-corrected chi connectivity index (χ4v) is 2.58. The van der Waals surface area contributed by atoms with Crippen LogP contribution in [0.5, 0.6) is 0 Å². The number of hydrazone groups is 1. The van der Waals surface area contributed by atoms with Gasteiger partial charge in [-0.1, -0.05) is 0 Å². The van der Waals surface area contributed by atoms with E-state index in [9.17, 15) is 4.79 Å². The van der Waals surface area contributed by atoms with Crippen LogP contribution in [0.25, 0.3) is 0 Å². The molecule has 0 radical (unpaired) electrons. The number of carbonyl (C=O) groups is 1. The molecular formula is C19H18FeN2O2. The van der Waals surface area contributed by atoms with Crippen molar-refractivity contribution in [1.82, 2.24) is 5.01 Å². The number of carbonyl (C=O) groups excluding carboxylic acids is 1. The molecular weight excluding hydrogens is 344 g/mol. The van der Waals surface area contributed by atoms with E-state index in [2.05, 4.69) is 5.10 Å². The van der Waals surface area contributed by atoms with Crippen LogP contribution < -0.4 is 0 Å². The molecule has 0 bridgehead atoms. The number of amides is 1. The van der Waals surface area contributed by atoms with Crippen molar-refractivity contribution < 1.29 is 26.3 Å². The van der Waals surface area contributed by atoms with Crippen LogP contribution in [-0.4, -0.2) is 16.6 Å². The molecule has 1 amide bonds. The van der Waals surface area contributed by atoms with Crippen molar-refractivity contribution in [3.05, 3.63) is 84.3 Å². The second-order valence-electron chi connectivity index (χ2n) is 5.29. The molecule has 1 aromatic heterocycles. The van der Waals surface area contributed by atoms with Crippen molar-refractivity contribution in [2.45, 2.75) is 19.4 Å². The summed E-state index contributed by atoms with van der Waals surface area (Å²) in [6.45, 7) is 1.53. The van der Waals surface area contributed by atoms with Gasteiger partial charge in [-0.05, 0) is 12.1 Å². The molecule has 124 valence electrons. The average Bonchev–Trinajstić information content (AvgIpc) is 3.38. The molecule has 1 aliphatic rings. The third-order valence-electron chi connectivity index (χ3n) is 3.67. The van der Waals surface area contributed by atoms with Gasteiger partial charge in [0.2, 0.25) is 5.91 Å². The van der Waals surface area contributed by atoms with Crippen LogP contribution in [0.3, 0.4) is 0 Å². The van der Waals surface area contributed by atoms with Crippen LogP contribution in [0, 0.1) is 0 Å². The summed E-state index contributed by atoms with van der Waals surface area (Å²) in [6, 6.07) is 21.6. The Balaban J connectivity index is 0.000000300. The van der Waals surface area contributed by atoms with Gasteiger partial charge in [0, 0.05) is 19.4 Å². The predicted octanol–water partition coefficient (Wildman–Crippen LogP) is 4.10. The van der Waals surface area contributed by atoms with Crippen LogP contribution >= 0.6 is 0 Å². The van der Waals surface area contributed by atoms with Crippen molar-refractivity contribution in [3.8, 4) is 0 Å². The van der Waals surface area contributed by atoms with Gasteiger partial charge in [0.15, 0.2) is 0 Å². The Hall–Kier alpha value is -2.36. The van der Waals surface area contributed by atoms with Crippen LogP contribution in [0.2, 0.25) is 0 Å². The van der Waals surface area contributed by atoms with Crippen LogP contribution in [0.15, 0.2) is 82.5 Å². The summed E-state index contributed by atoms with van der Waals surface area (Å²) in [5.74, 6) is 0.679. The minimum absolute atomic E-state index is 0. The quantitative estimate of drug-likeness (QED) is 0.509. The molecule has 24 heavy (non-hydrogen) atoms. The van der Waals surface area contributed by atoms with Gasteiger partial charge in [-0.15, -0.1) is 5.56 Å². The summed E-state index contributed by atoms with van der Waals surface area (Å²) < 4.78 is 5.34. The number of hydrogen-bond donors (Lipinski definition) is 0. The topological polar surface area (TPSA) is 45.8 Å². The SMILES string of the molecule is CC(=O)N1N=C(c2ccco2)CC1[c-]1cccc1.[Fe+2].c1cc[cH-]c1. The summed E-state index contributed by atoms with van der Waals surface area (Å²) in [4.78, 5) is 11.7. The number of hydrogen-bond acceptors (Lipinski definition) is 3. The molecule has 5 heteroatoms.